The van der Waals surface area contributed by atoms with Gasteiger partial charge in [0.05, 0.1) is 23.7 Å². The van der Waals surface area contributed by atoms with Crippen LogP contribution in [0, 0.1) is 35.5 Å². The van der Waals surface area contributed by atoms with Crippen LogP contribution < -0.4 is 10.6 Å². The Morgan fingerprint density at radius 3 is 1.14 bits per heavy atom. The number of rotatable bonds is 8. The van der Waals surface area contributed by atoms with Crippen molar-refractivity contribution in [2.45, 2.75) is 121 Å². The Labute approximate surface area is 220 Å². The van der Waals surface area contributed by atoms with E-state index in [1.165, 1.54) is 6.42 Å². The number of carboxylic acid groups (broad SMARTS) is 2. The van der Waals surface area contributed by atoms with E-state index >= 15 is 0 Å². The van der Waals surface area contributed by atoms with Crippen molar-refractivity contribution >= 4 is 23.8 Å². The smallest absolute Gasteiger partial charge is 0.307 e. The maximum atomic E-state index is 12.8. The summed E-state index contributed by atoms with van der Waals surface area (Å²) in [5.74, 6) is -2.28. The highest BCUT2D eigenvalue weighted by Gasteiger charge is 2.38. The molecule has 0 heterocycles. The fourth-order valence-electron chi connectivity index (χ4n) is 7.65. The van der Waals surface area contributed by atoms with Crippen molar-refractivity contribution in [3.05, 3.63) is 0 Å². The van der Waals surface area contributed by atoms with Gasteiger partial charge in [0.25, 0.3) is 0 Å². The van der Waals surface area contributed by atoms with Crippen LogP contribution in [-0.4, -0.2) is 46.0 Å². The molecule has 0 aliphatic heterocycles. The predicted octanol–water partition coefficient (Wildman–Crippen LogP) is 4.51. The fourth-order valence-corrected chi connectivity index (χ4v) is 7.65. The lowest BCUT2D eigenvalue weighted by Gasteiger charge is -2.36. The molecule has 4 aliphatic carbocycles. The monoisotopic (exact) mass is 518 g/mol. The van der Waals surface area contributed by atoms with Gasteiger partial charge in [0.1, 0.15) is 0 Å². The van der Waals surface area contributed by atoms with E-state index in [0.717, 1.165) is 77.0 Å². The summed E-state index contributed by atoms with van der Waals surface area (Å²) < 4.78 is 0. The Morgan fingerprint density at radius 1 is 0.486 bits per heavy atom. The van der Waals surface area contributed by atoms with Gasteiger partial charge in [-0.2, -0.15) is 0 Å². The number of nitrogens with one attached hydrogen (secondary N) is 2. The SMILES string of the molecule is O=C(O)[C@H]1CCCC[C@@H]1C(=O)NC1CCC(CC2CCC(NC(=O)[C@@H]3CCCC[C@@H]3C(=O)O)CC2)CC1. The zero-order valence-corrected chi connectivity index (χ0v) is 22.2. The third kappa shape index (κ3) is 7.47. The van der Waals surface area contributed by atoms with Gasteiger partial charge in [0, 0.05) is 12.1 Å². The average molecular weight is 519 g/mol. The van der Waals surface area contributed by atoms with E-state index in [4.69, 9.17) is 0 Å². The van der Waals surface area contributed by atoms with E-state index in [2.05, 4.69) is 10.6 Å². The summed E-state index contributed by atoms with van der Waals surface area (Å²) in [5, 5.41) is 25.3. The molecule has 2 amide bonds. The lowest BCUT2D eigenvalue weighted by Crippen LogP contribution is -2.45. The zero-order valence-electron chi connectivity index (χ0n) is 22.2. The van der Waals surface area contributed by atoms with Crippen LogP contribution in [0.4, 0.5) is 0 Å². The molecule has 4 fully saturated rings. The normalized spacial score (nSPS) is 36.8. The number of carboxylic acids is 2. The molecule has 0 saturated heterocycles. The van der Waals surface area contributed by atoms with Crippen LogP contribution in [0.3, 0.4) is 0 Å². The minimum atomic E-state index is -0.837. The third-order valence-electron chi connectivity index (χ3n) is 9.89. The van der Waals surface area contributed by atoms with Crippen LogP contribution in [-0.2, 0) is 19.2 Å². The maximum Gasteiger partial charge on any atom is 0.307 e. The maximum absolute atomic E-state index is 12.8. The summed E-state index contributed by atoms with van der Waals surface area (Å²) >= 11 is 0. The molecule has 4 atom stereocenters. The highest BCUT2D eigenvalue weighted by atomic mass is 16.4. The number of carbonyl (C=O) groups excluding carboxylic acids is 2. The first-order valence-corrected chi connectivity index (χ1v) is 14.9. The minimum Gasteiger partial charge on any atom is -0.481 e. The molecule has 208 valence electrons. The average Bonchev–Trinajstić information content (AvgIpc) is 2.90. The van der Waals surface area contributed by atoms with Gasteiger partial charge in [-0.3, -0.25) is 19.2 Å². The van der Waals surface area contributed by atoms with E-state index in [9.17, 15) is 29.4 Å². The van der Waals surface area contributed by atoms with E-state index in [1.54, 1.807) is 0 Å². The molecule has 8 heteroatoms. The number of hydrogen-bond donors (Lipinski definition) is 4. The first-order chi connectivity index (χ1) is 17.8. The van der Waals surface area contributed by atoms with Gasteiger partial charge in [-0.15, -0.1) is 0 Å². The molecular formula is C29H46N2O6. The Bertz CT molecular complexity index is 749. The molecule has 0 aromatic heterocycles. The van der Waals surface area contributed by atoms with Crippen LogP contribution >= 0.6 is 0 Å². The fraction of sp³-hybridized carbons (Fsp3) is 0.862. The van der Waals surface area contributed by atoms with Crippen molar-refractivity contribution in [2.75, 3.05) is 0 Å². The van der Waals surface area contributed by atoms with E-state index < -0.39 is 23.8 Å². The van der Waals surface area contributed by atoms with Gasteiger partial charge in [0.2, 0.25) is 11.8 Å². The second-order valence-corrected chi connectivity index (χ2v) is 12.4. The summed E-state index contributed by atoms with van der Waals surface area (Å²) in [4.78, 5) is 48.7. The van der Waals surface area contributed by atoms with Gasteiger partial charge in [-0.05, 0) is 95.3 Å². The van der Waals surface area contributed by atoms with Crippen molar-refractivity contribution in [3.8, 4) is 0 Å². The van der Waals surface area contributed by atoms with Crippen LogP contribution in [0.2, 0.25) is 0 Å². The molecule has 0 aromatic carbocycles. The molecule has 37 heavy (non-hydrogen) atoms. The van der Waals surface area contributed by atoms with Crippen molar-refractivity contribution in [2.24, 2.45) is 35.5 Å². The highest BCUT2D eigenvalue weighted by molar-refractivity contribution is 5.85. The summed E-state index contributed by atoms with van der Waals surface area (Å²) in [6.45, 7) is 0. The van der Waals surface area contributed by atoms with Crippen molar-refractivity contribution < 1.29 is 29.4 Å². The van der Waals surface area contributed by atoms with Crippen LogP contribution in [0.5, 0.6) is 0 Å². The van der Waals surface area contributed by atoms with Gasteiger partial charge in [0.15, 0.2) is 0 Å². The first kappa shape index (κ1) is 27.9. The Morgan fingerprint density at radius 2 is 0.811 bits per heavy atom. The number of carbonyl (C=O) groups is 4. The lowest BCUT2D eigenvalue weighted by atomic mass is 9.75. The largest absolute Gasteiger partial charge is 0.481 e. The summed E-state index contributed by atoms with van der Waals surface area (Å²) in [6.07, 6.45) is 15.7. The van der Waals surface area contributed by atoms with E-state index in [0.29, 0.717) is 37.5 Å². The van der Waals surface area contributed by atoms with Gasteiger partial charge >= 0.3 is 11.9 Å². The molecular weight excluding hydrogens is 472 g/mol. The van der Waals surface area contributed by atoms with E-state index in [1.807, 2.05) is 0 Å². The molecule has 0 unspecified atom stereocenters. The van der Waals surface area contributed by atoms with Crippen LogP contribution in [0.15, 0.2) is 0 Å². The third-order valence-corrected chi connectivity index (χ3v) is 9.89. The van der Waals surface area contributed by atoms with Gasteiger partial charge in [-0.1, -0.05) is 25.7 Å². The molecule has 4 saturated carbocycles. The van der Waals surface area contributed by atoms with Crippen molar-refractivity contribution in [1.82, 2.24) is 10.6 Å². The molecule has 4 rings (SSSR count). The highest BCUT2D eigenvalue weighted by Crippen LogP contribution is 2.37. The minimum absolute atomic E-state index is 0.0566. The lowest BCUT2D eigenvalue weighted by molar-refractivity contribution is -0.149. The summed E-state index contributed by atoms with van der Waals surface area (Å²) in [6, 6.07) is 0.334. The van der Waals surface area contributed by atoms with Crippen LogP contribution in [0.25, 0.3) is 0 Å². The second kappa shape index (κ2) is 13.1. The van der Waals surface area contributed by atoms with Crippen molar-refractivity contribution in [1.29, 1.82) is 0 Å². The first-order valence-electron chi connectivity index (χ1n) is 14.9. The Balaban J connectivity index is 1.14. The standard InChI is InChI=1S/C29H46N2O6/c32-26(22-5-1-3-7-24(22)28(34)35)30-20-13-9-18(10-14-20)17-19-11-15-21(16-12-19)31-27(33)23-6-2-4-8-25(23)29(36)37/h18-25H,1-17H2,(H,30,32)(H,31,33)(H,34,35)(H,36,37)/t18?,19?,20?,21?,22-,23+,24-,25-/m0/s1. The number of aliphatic carboxylic acids is 2. The zero-order chi connectivity index (χ0) is 26.4. The summed E-state index contributed by atoms with van der Waals surface area (Å²) in [7, 11) is 0. The summed E-state index contributed by atoms with van der Waals surface area (Å²) in [5.41, 5.74) is 0. The van der Waals surface area contributed by atoms with Gasteiger partial charge < -0.3 is 20.8 Å². The molecule has 0 bridgehead atoms. The molecule has 0 spiro atoms. The van der Waals surface area contributed by atoms with E-state index in [-0.39, 0.29) is 35.7 Å². The quantitative estimate of drug-likeness (QED) is 0.374. The predicted molar refractivity (Wildman–Crippen MR) is 139 cm³/mol. The van der Waals surface area contributed by atoms with Crippen molar-refractivity contribution in [3.63, 3.8) is 0 Å². The molecule has 0 aromatic rings. The molecule has 0 radical (unpaired) electrons. The van der Waals surface area contributed by atoms with Gasteiger partial charge in [-0.25, -0.2) is 0 Å². The number of hydrogen-bond acceptors (Lipinski definition) is 4. The topological polar surface area (TPSA) is 133 Å². The van der Waals surface area contributed by atoms with Crippen LogP contribution in [0.1, 0.15) is 109 Å². The Hall–Kier alpha value is -2.12. The Kier molecular flexibility index (Phi) is 9.88. The molecule has 4 N–H and O–H groups in total. The number of amides is 2. The molecule has 8 nitrogen and oxygen atoms in total. The second-order valence-electron chi connectivity index (χ2n) is 12.4. The molecule has 4 aliphatic rings.